The third-order valence-electron chi connectivity index (χ3n) is 5.20. The van der Waals surface area contributed by atoms with Gasteiger partial charge in [-0.2, -0.15) is 0 Å². The molecule has 1 amide bonds. The summed E-state index contributed by atoms with van der Waals surface area (Å²) in [5, 5.41) is 37.9. The van der Waals surface area contributed by atoms with Crippen LogP contribution >= 0.6 is 11.3 Å². The fourth-order valence-electron chi connectivity index (χ4n) is 3.48. The molecule has 8 nitrogen and oxygen atoms in total. The van der Waals surface area contributed by atoms with Crippen molar-refractivity contribution < 1.29 is 20.1 Å². The molecule has 0 bridgehead atoms. The third kappa shape index (κ3) is 4.20. The molecule has 0 saturated carbocycles. The van der Waals surface area contributed by atoms with Gasteiger partial charge in [-0.05, 0) is 42.6 Å². The van der Waals surface area contributed by atoms with Gasteiger partial charge in [-0.15, -0.1) is 11.3 Å². The number of nitrogens with one attached hydrogen (secondary N) is 1. The fourth-order valence-corrected chi connectivity index (χ4v) is 4.16. The minimum atomic E-state index is -0.373. The van der Waals surface area contributed by atoms with E-state index in [9.17, 15) is 20.1 Å². The molecule has 2 aromatic heterocycles. The Morgan fingerprint density at radius 2 is 1.71 bits per heavy atom. The van der Waals surface area contributed by atoms with Gasteiger partial charge in [0.1, 0.15) is 5.69 Å². The van der Waals surface area contributed by atoms with Crippen LogP contribution < -0.4 is 5.32 Å². The number of benzene rings is 2. The summed E-state index contributed by atoms with van der Waals surface area (Å²) >= 11 is 1.50. The van der Waals surface area contributed by atoms with Crippen molar-refractivity contribution in [1.82, 2.24) is 9.47 Å². The van der Waals surface area contributed by atoms with Crippen molar-refractivity contribution in [2.45, 2.75) is 6.92 Å². The minimum Gasteiger partial charge on any atom is -0.505 e. The predicted molar refractivity (Wildman–Crippen MR) is 135 cm³/mol. The lowest BCUT2D eigenvalue weighted by atomic mass is 10.1. The van der Waals surface area contributed by atoms with Crippen LogP contribution in [0.15, 0.2) is 71.0 Å². The number of aromatic nitrogens is 1. The maximum atomic E-state index is 12.4. The molecule has 34 heavy (non-hydrogen) atoms. The monoisotopic (exact) mass is 476 g/mol. The Bertz CT molecular complexity index is 1360. The van der Waals surface area contributed by atoms with E-state index in [-0.39, 0.29) is 46.0 Å². The molecule has 4 N–H and O–H groups in total. The highest BCUT2D eigenvalue weighted by atomic mass is 32.1. The number of nitrogens with zero attached hydrogens (tertiary/aromatic N) is 3. The minimum absolute atomic E-state index is 0.0852. The van der Waals surface area contributed by atoms with Gasteiger partial charge in [-0.1, -0.05) is 30.3 Å². The Morgan fingerprint density at radius 1 is 0.971 bits per heavy atom. The van der Waals surface area contributed by atoms with Crippen LogP contribution in [0.25, 0.3) is 5.69 Å². The molecular formula is C25H24N4O4S. The normalized spacial score (nSPS) is 11.4. The van der Waals surface area contributed by atoms with Gasteiger partial charge in [-0.3, -0.25) is 4.79 Å². The largest absolute Gasteiger partial charge is 0.505 e. The summed E-state index contributed by atoms with van der Waals surface area (Å²) < 4.78 is 1.26. The second-order valence-electron chi connectivity index (χ2n) is 7.74. The van der Waals surface area contributed by atoms with Crippen LogP contribution in [-0.2, 0) is 0 Å². The average molecular weight is 477 g/mol. The Balaban J connectivity index is 1.88. The number of amides is 1. The van der Waals surface area contributed by atoms with Crippen LogP contribution in [0.3, 0.4) is 0 Å². The molecule has 0 aliphatic heterocycles. The number of hydrogen-bond acceptors (Lipinski definition) is 7. The molecule has 0 atom stereocenters. The topological polar surface area (TPSA) is 110 Å². The number of thiophene rings is 1. The molecule has 174 valence electrons. The van der Waals surface area contributed by atoms with E-state index in [0.29, 0.717) is 11.4 Å². The number of aromatic hydroxyl groups is 3. The van der Waals surface area contributed by atoms with Crippen molar-refractivity contribution >= 4 is 40.0 Å². The van der Waals surface area contributed by atoms with Crippen LogP contribution in [0.5, 0.6) is 17.5 Å². The van der Waals surface area contributed by atoms with Crippen molar-refractivity contribution in [3.63, 3.8) is 0 Å². The highest BCUT2D eigenvalue weighted by molar-refractivity contribution is 7.12. The number of para-hydroxylation sites is 2. The van der Waals surface area contributed by atoms with Crippen molar-refractivity contribution in [2.24, 2.45) is 4.99 Å². The maximum Gasteiger partial charge on any atom is 0.257 e. The highest BCUT2D eigenvalue weighted by Gasteiger charge is 2.26. The number of carbonyl (C=O) groups excluding carboxylic acids is 1. The first-order valence-corrected chi connectivity index (χ1v) is 11.3. The quantitative estimate of drug-likeness (QED) is 0.225. The maximum absolute atomic E-state index is 12.4. The highest BCUT2D eigenvalue weighted by Crippen LogP contribution is 2.49. The number of hydrogen-bond donors (Lipinski definition) is 4. The van der Waals surface area contributed by atoms with E-state index >= 15 is 0 Å². The summed E-state index contributed by atoms with van der Waals surface area (Å²) in [7, 11) is 3.18. The van der Waals surface area contributed by atoms with Crippen molar-refractivity contribution in [1.29, 1.82) is 0 Å². The smallest absolute Gasteiger partial charge is 0.257 e. The van der Waals surface area contributed by atoms with Crippen LogP contribution in [0.1, 0.15) is 22.2 Å². The molecule has 9 heteroatoms. The number of phenolic OH excluding ortho intramolecular Hbond substituents is 1. The Morgan fingerprint density at radius 3 is 2.35 bits per heavy atom. The standard InChI is InChI=1S/C25H24N4O4S/c1-15(19-13-8-14-34-19)26-20-21(25(33)29(24(20)32)16-9-5-4-6-10-16)27-18-12-7-11-17(22(18)30)23(31)28(2)3/h4-14,27,30,32-33H,1-3H3. The molecule has 2 aromatic carbocycles. The molecule has 0 fully saturated rings. The summed E-state index contributed by atoms with van der Waals surface area (Å²) in [6.07, 6.45) is 0. The lowest BCUT2D eigenvalue weighted by molar-refractivity contribution is 0.0824. The van der Waals surface area contributed by atoms with E-state index in [1.165, 1.54) is 26.9 Å². The van der Waals surface area contributed by atoms with E-state index in [1.54, 1.807) is 57.4 Å². The molecule has 4 aromatic rings. The van der Waals surface area contributed by atoms with Crippen LogP contribution in [0, 0.1) is 0 Å². The molecule has 4 rings (SSSR count). The predicted octanol–water partition coefficient (Wildman–Crippen LogP) is 5.24. The summed E-state index contributed by atoms with van der Waals surface area (Å²) in [6.45, 7) is 1.81. The fraction of sp³-hybridized carbons (Fsp3) is 0.120. The molecular weight excluding hydrogens is 452 g/mol. The summed E-state index contributed by atoms with van der Waals surface area (Å²) in [4.78, 5) is 19.3. The lowest BCUT2D eigenvalue weighted by Crippen LogP contribution is -2.21. The van der Waals surface area contributed by atoms with Gasteiger partial charge >= 0.3 is 0 Å². The first kappa shape index (κ1) is 22.9. The number of aliphatic imine (C=N–C) groups is 1. The molecule has 0 aliphatic carbocycles. The zero-order valence-electron chi connectivity index (χ0n) is 18.9. The van der Waals surface area contributed by atoms with Gasteiger partial charge in [0.25, 0.3) is 5.91 Å². The summed E-state index contributed by atoms with van der Waals surface area (Å²) in [5.74, 6) is -1.23. The lowest BCUT2D eigenvalue weighted by Gasteiger charge is -2.15. The zero-order valence-corrected chi connectivity index (χ0v) is 19.7. The Hall–Kier alpha value is -4.24. The zero-order chi connectivity index (χ0) is 24.4. The van der Waals surface area contributed by atoms with E-state index in [1.807, 2.05) is 23.6 Å². The second-order valence-corrected chi connectivity index (χ2v) is 8.69. The van der Waals surface area contributed by atoms with Crippen LogP contribution in [-0.4, -0.2) is 50.5 Å². The average Bonchev–Trinajstić information content (AvgIpc) is 3.44. The van der Waals surface area contributed by atoms with Crippen molar-refractivity contribution in [3.05, 3.63) is 76.5 Å². The van der Waals surface area contributed by atoms with Crippen molar-refractivity contribution in [2.75, 3.05) is 19.4 Å². The first-order chi connectivity index (χ1) is 16.3. The van der Waals surface area contributed by atoms with Gasteiger partial charge in [0.15, 0.2) is 11.4 Å². The van der Waals surface area contributed by atoms with E-state index in [4.69, 9.17) is 0 Å². The van der Waals surface area contributed by atoms with Gasteiger partial charge in [0.2, 0.25) is 11.8 Å². The summed E-state index contributed by atoms with van der Waals surface area (Å²) in [6, 6.07) is 17.3. The molecule has 0 saturated heterocycles. The van der Waals surface area contributed by atoms with Crippen LogP contribution in [0.2, 0.25) is 0 Å². The number of carbonyl (C=O) groups is 1. The molecule has 2 heterocycles. The van der Waals surface area contributed by atoms with Crippen LogP contribution in [0.4, 0.5) is 17.1 Å². The third-order valence-corrected chi connectivity index (χ3v) is 6.18. The Kier molecular flexibility index (Phi) is 6.29. The number of phenols is 1. The molecule has 0 aliphatic rings. The second kappa shape index (κ2) is 9.32. The number of anilines is 2. The van der Waals surface area contributed by atoms with Crippen molar-refractivity contribution in [3.8, 4) is 23.2 Å². The van der Waals surface area contributed by atoms with Gasteiger partial charge in [0.05, 0.1) is 22.6 Å². The molecule has 0 spiro atoms. The molecule has 0 unspecified atom stereocenters. The molecule has 0 radical (unpaired) electrons. The SMILES string of the molecule is CC(=Nc1c(Nc2cccc(C(=O)N(C)C)c2O)c(O)n(-c2ccccc2)c1O)c1cccs1. The Labute approximate surface area is 200 Å². The van der Waals surface area contributed by atoms with Gasteiger partial charge in [-0.25, -0.2) is 9.56 Å². The van der Waals surface area contributed by atoms with Gasteiger partial charge < -0.3 is 25.5 Å². The first-order valence-electron chi connectivity index (χ1n) is 10.4. The number of rotatable bonds is 6. The van der Waals surface area contributed by atoms with E-state index in [0.717, 1.165) is 4.88 Å². The van der Waals surface area contributed by atoms with E-state index in [2.05, 4.69) is 10.3 Å². The van der Waals surface area contributed by atoms with Gasteiger partial charge in [0, 0.05) is 19.0 Å². The summed E-state index contributed by atoms with van der Waals surface area (Å²) in [5.41, 5.74) is 1.62. The van der Waals surface area contributed by atoms with E-state index < -0.39 is 0 Å².